The van der Waals surface area contributed by atoms with E-state index in [0.29, 0.717) is 0 Å². The van der Waals surface area contributed by atoms with Crippen molar-refractivity contribution >= 4 is 11.7 Å². The van der Waals surface area contributed by atoms with Crippen LogP contribution in [0.4, 0.5) is 0 Å². The molecule has 2 aliphatic heterocycles. The number of rotatable bonds is 2. The first-order valence-electron chi connectivity index (χ1n) is 7.06. The fraction of sp³-hybridized carbons (Fsp3) is 0.857. The van der Waals surface area contributed by atoms with E-state index in [1.165, 1.54) is 0 Å². The van der Waals surface area contributed by atoms with Gasteiger partial charge in [-0.25, -0.2) is 4.79 Å². The molecule has 1 saturated heterocycles. The molecule has 0 aliphatic carbocycles. The van der Waals surface area contributed by atoms with Crippen molar-refractivity contribution in [3.8, 4) is 0 Å². The van der Waals surface area contributed by atoms with Gasteiger partial charge in [-0.2, -0.15) is 0 Å². The summed E-state index contributed by atoms with van der Waals surface area (Å²) in [6, 6.07) is 0. The van der Waals surface area contributed by atoms with E-state index in [1.54, 1.807) is 6.92 Å². The highest BCUT2D eigenvalue weighted by Gasteiger charge is 2.55. The van der Waals surface area contributed by atoms with Gasteiger partial charge in [0.15, 0.2) is 6.10 Å². The largest absolute Gasteiger partial charge is 0.458 e. The molecule has 114 valence electrons. The zero-order chi connectivity index (χ0) is 15.1. The van der Waals surface area contributed by atoms with E-state index < -0.39 is 17.7 Å². The third-order valence-electron chi connectivity index (χ3n) is 4.03. The maximum absolute atomic E-state index is 12.1. The molecule has 0 spiro atoms. The van der Waals surface area contributed by atoms with E-state index in [-0.39, 0.29) is 28.7 Å². The fourth-order valence-corrected chi connectivity index (χ4v) is 2.93. The standard InChI is InChI=1S/C14H23NO5/c1-6-18-12(16)10-11-9(7-8-13(2,3)19-11)14(4,5)20-15(10)17/h9,11H,6-8H2,1-5H3/t9-,11-/m0/s1. The predicted molar refractivity (Wildman–Crippen MR) is 72.1 cm³/mol. The first-order valence-corrected chi connectivity index (χ1v) is 7.06. The Morgan fingerprint density at radius 3 is 2.70 bits per heavy atom. The number of nitrogens with zero attached hydrogens (tertiary/aromatic N) is 1. The van der Waals surface area contributed by atoms with Crippen molar-refractivity contribution in [2.24, 2.45) is 5.92 Å². The second-order valence-corrected chi connectivity index (χ2v) is 6.50. The quantitative estimate of drug-likeness (QED) is 0.571. The summed E-state index contributed by atoms with van der Waals surface area (Å²) in [4.78, 5) is 17.7. The van der Waals surface area contributed by atoms with Crippen LogP contribution in [0.15, 0.2) is 0 Å². The first-order chi connectivity index (χ1) is 9.18. The average Bonchev–Trinajstić information content (AvgIpc) is 2.25. The van der Waals surface area contributed by atoms with Crippen LogP contribution >= 0.6 is 0 Å². The Bertz CT molecular complexity index is 441. The Labute approximate surface area is 119 Å². The van der Waals surface area contributed by atoms with Crippen LogP contribution in [0.25, 0.3) is 0 Å². The Kier molecular flexibility index (Phi) is 3.71. The van der Waals surface area contributed by atoms with Gasteiger partial charge >= 0.3 is 11.7 Å². The molecule has 0 amide bonds. The molecule has 20 heavy (non-hydrogen) atoms. The molecule has 2 heterocycles. The van der Waals surface area contributed by atoms with Gasteiger partial charge in [-0.3, -0.25) is 5.21 Å². The fourth-order valence-electron chi connectivity index (χ4n) is 2.93. The van der Waals surface area contributed by atoms with Gasteiger partial charge in [-0.1, -0.05) is 0 Å². The maximum atomic E-state index is 12.1. The number of ether oxygens (including phenoxy) is 2. The molecule has 6 nitrogen and oxygen atoms in total. The average molecular weight is 285 g/mol. The lowest BCUT2D eigenvalue weighted by Crippen LogP contribution is -2.61. The Hall–Kier alpha value is -1.30. The Balaban J connectivity index is 2.40. The molecule has 0 radical (unpaired) electrons. The maximum Gasteiger partial charge on any atom is 0.408 e. The van der Waals surface area contributed by atoms with Crippen LogP contribution in [0.5, 0.6) is 0 Å². The molecule has 0 bridgehead atoms. The number of hydrogen-bond donors (Lipinski definition) is 0. The number of hydrogen-bond acceptors (Lipinski definition) is 5. The van der Waals surface area contributed by atoms with Crippen LogP contribution in [0.2, 0.25) is 0 Å². The van der Waals surface area contributed by atoms with Gasteiger partial charge in [0.05, 0.1) is 22.7 Å². The van der Waals surface area contributed by atoms with E-state index in [0.717, 1.165) is 12.8 Å². The summed E-state index contributed by atoms with van der Waals surface area (Å²) >= 11 is 0. The van der Waals surface area contributed by atoms with E-state index in [1.807, 2.05) is 27.7 Å². The van der Waals surface area contributed by atoms with E-state index in [2.05, 4.69) is 0 Å². The molecule has 2 aliphatic rings. The second kappa shape index (κ2) is 4.91. The van der Waals surface area contributed by atoms with Crippen molar-refractivity contribution < 1.29 is 24.0 Å². The minimum atomic E-state index is -0.668. The molecule has 0 aromatic heterocycles. The van der Waals surface area contributed by atoms with Gasteiger partial charge in [0, 0.05) is 5.92 Å². The van der Waals surface area contributed by atoms with Gasteiger partial charge < -0.3 is 14.3 Å². The van der Waals surface area contributed by atoms with Crippen molar-refractivity contribution in [2.75, 3.05) is 6.61 Å². The van der Waals surface area contributed by atoms with Crippen LogP contribution in [0.1, 0.15) is 47.5 Å². The number of esters is 1. The molecule has 0 unspecified atom stereocenters. The molecule has 0 N–H and O–H groups in total. The highest BCUT2D eigenvalue weighted by Crippen LogP contribution is 2.42. The lowest BCUT2D eigenvalue weighted by atomic mass is 9.75. The second-order valence-electron chi connectivity index (χ2n) is 6.50. The molecule has 2 rings (SSSR count). The van der Waals surface area contributed by atoms with Gasteiger partial charge in [-0.15, -0.1) is 0 Å². The molecule has 1 fully saturated rings. The van der Waals surface area contributed by atoms with E-state index in [4.69, 9.17) is 14.3 Å². The Morgan fingerprint density at radius 1 is 1.45 bits per heavy atom. The molecule has 6 heteroatoms. The van der Waals surface area contributed by atoms with E-state index >= 15 is 0 Å². The molecular weight excluding hydrogens is 262 g/mol. The summed E-state index contributed by atoms with van der Waals surface area (Å²) in [6.45, 7) is 9.52. The van der Waals surface area contributed by atoms with E-state index in [9.17, 15) is 10.0 Å². The Morgan fingerprint density at radius 2 is 2.10 bits per heavy atom. The monoisotopic (exact) mass is 285 g/mol. The van der Waals surface area contributed by atoms with Crippen molar-refractivity contribution in [3.05, 3.63) is 5.21 Å². The zero-order valence-electron chi connectivity index (χ0n) is 12.8. The van der Waals surface area contributed by atoms with Crippen molar-refractivity contribution in [3.63, 3.8) is 0 Å². The lowest BCUT2D eigenvalue weighted by Gasteiger charge is -2.49. The smallest absolute Gasteiger partial charge is 0.408 e. The van der Waals surface area contributed by atoms with Crippen LogP contribution in [0.3, 0.4) is 0 Å². The lowest BCUT2D eigenvalue weighted by molar-refractivity contribution is -0.774. The minimum Gasteiger partial charge on any atom is -0.458 e. The number of carbonyl (C=O) groups excluding carboxylic acids is 1. The summed E-state index contributed by atoms with van der Waals surface area (Å²) in [5, 5.41) is 12.1. The molecule has 0 aromatic rings. The van der Waals surface area contributed by atoms with Crippen molar-refractivity contribution in [1.29, 1.82) is 0 Å². The van der Waals surface area contributed by atoms with Crippen LogP contribution in [-0.4, -0.2) is 40.5 Å². The summed E-state index contributed by atoms with van der Waals surface area (Å²) in [6.07, 6.45) is 1.11. The third-order valence-corrected chi connectivity index (χ3v) is 4.03. The summed E-state index contributed by atoms with van der Waals surface area (Å²) in [7, 11) is 0. The van der Waals surface area contributed by atoms with Crippen LogP contribution in [0, 0.1) is 11.1 Å². The van der Waals surface area contributed by atoms with Crippen LogP contribution in [-0.2, 0) is 19.1 Å². The molecule has 0 saturated carbocycles. The van der Waals surface area contributed by atoms with Crippen molar-refractivity contribution in [2.45, 2.75) is 64.8 Å². The highest BCUT2D eigenvalue weighted by molar-refractivity contribution is 6.36. The SMILES string of the molecule is CCOC(=O)C1=[N+]([O-])OC(C)(C)[C@H]2CCC(C)(C)O[C@H]12. The van der Waals surface area contributed by atoms with Gasteiger partial charge in [0.1, 0.15) is 0 Å². The highest BCUT2D eigenvalue weighted by atomic mass is 16.9. The van der Waals surface area contributed by atoms with Crippen LogP contribution < -0.4 is 0 Å². The van der Waals surface area contributed by atoms with Gasteiger partial charge in [0.2, 0.25) is 0 Å². The molecule has 0 aromatic carbocycles. The number of fused-ring (bicyclic) bond motifs is 1. The molecular formula is C14H23NO5. The van der Waals surface area contributed by atoms with Crippen molar-refractivity contribution in [1.82, 2.24) is 0 Å². The summed E-state index contributed by atoms with van der Waals surface area (Å²) < 4.78 is 11.0. The number of carbonyl (C=O) groups is 1. The summed E-state index contributed by atoms with van der Waals surface area (Å²) in [5.74, 6) is -0.703. The summed E-state index contributed by atoms with van der Waals surface area (Å²) in [5.41, 5.74) is -1.12. The van der Waals surface area contributed by atoms with Gasteiger partial charge in [-0.05, 0) is 47.5 Å². The predicted octanol–water partition coefficient (Wildman–Crippen LogP) is 1.80. The normalized spacial score (nSPS) is 31.2. The first kappa shape index (κ1) is 15.1. The third kappa shape index (κ3) is 2.61. The topological polar surface area (TPSA) is 70.8 Å². The molecule has 2 atom stereocenters. The minimum absolute atomic E-state index is 0.0415. The van der Waals surface area contributed by atoms with Gasteiger partial charge in [0.25, 0.3) is 0 Å². The zero-order valence-corrected chi connectivity index (χ0v) is 12.8.